The number of carbonyl (C=O) groups excluding carboxylic acids is 5. The first-order valence-electron chi connectivity index (χ1n) is 20.6. The Morgan fingerprint density at radius 3 is 0.527 bits per heavy atom. The van der Waals surface area contributed by atoms with Crippen LogP contribution in [0.1, 0.15) is 90.0 Å². The average Bonchev–Trinajstić information content (AvgIpc) is 3.10. The van der Waals surface area contributed by atoms with Crippen LogP contribution in [0.25, 0.3) is 0 Å². The molecule has 0 saturated heterocycles. The van der Waals surface area contributed by atoms with Crippen LogP contribution in [0.3, 0.4) is 0 Å². The van der Waals surface area contributed by atoms with Crippen LogP contribution in [0.15, 0.2) is 0 Å². The van der Waals surface area contributed by atoms with E-state index in [1.807, 2.05) is 26.0 Å². The predicted molar refractivity (Wildman–Crippen MR) is 310 cm³/mol. The van der Waals surface area contributed by atoms with Crippen LogP contribution in [0, 0.1) is 0 Å². The number of nitrogens with zero attached hydrogens (tertiary/aromatic N) is 4. The molecule has 0 atom stereocenters. The number of Topliss-reactive ketones (excluding diaryl/α,β-unsaturated/α-hetero) is 2. The van der Waals surface area contributed by atoms with E-state index in [-0.39, 0.29) is 48.3 Å². The van der Waals surface area contributed by atoms with E-state index in [0.29, 0.717) is 0 Å². The van der Waals surface area contributed by atoms with Gasteiger partial charge in [-0.15, -0.1) is 0 Å². The third-order valence-electron chi connectivity index (χ3n) is 4.02. The standard InChI is InChI=1S/C4H9NO.2C3H9NO2S.C3H7NO.C3H9N.2C3H8O2S.C3H6O2.2C3H6O.C3H8.C2H7NO2S.2C2H6O2S.CH4/c1-4(6)5(2)3;2*1-4(2)7(3,5)6;1-3(5)4-2;1-4(2)3;2*1-3-6(2,4)5;1-3(4)5-2;2*1-3(2)4;1-3-2;1-3-6(2,4)5;2*1-5(2,3)4;/h1-3H3;2*1-3H3;1-2H3,(H,4,5);1-3H3;2*3H2,1-2H3;1-2H3;2*1-2H3;3H2,1-2H3;3H,1-2H3;2*1-2H3;1H4. The summed E-state index contributed by atoms with van der Waals surface area (Å²) in [5, 5.41) is 2.39. The van der Waals surface area contributed by atoms with E-state index in [9.17, 15) is 82.9 Å². The van der Waals surface area contributed by atoms with Gasteiger partial charge in [0.25, 0.3) is 0 Å². The summed E-state index contributed by atoms with van der Waals surface area (Å²) in [6, 6.07) is 0. The molecule has 0 heterocycles. The van der Waals surface area contributed by atoms with Gasteiger partial charge in [-0.25, -0.2) is 72.3 Å². The molecule has 2 amide bonds. The molecule has 0 saturated carbocycles. The second-order valence-electron chi connectivity index (χ2n) is 15.6. The molecule has 0 aliphatic carbocycles. The highest BCUT2D eigenvalue weighted by molar-refractivity contribution is 7.91. The maximum absolute atomic E-state index is 10.3. The number of ether oxygens (including phenoxy) is 1. The van der Waals surface area contributed by atoms with Crippen LogP contribution in [-0.2, 0) is 98.1 Å². The van der Waals surface area contributed by atoms with Gasteiger partial charge in [-0.2, -0.15) is 0 Å². The number of sulfonamides is 3. The molecule has 0 aromatic carbocycles. The Kier molecular flexibility index (Phi) is 96.9. The Morgan fingerprint density at radius 1 is 0.446 bits per heavy atom. The first-order chi connectivity index (χ1) is 31.4. The average molecular weight is 1230 g/mol. The summed E-state index contributed by atoms with van der Waals surface area (Å²) in [6.45, 7) is 18.0. The molecule has 74 heavy (non-hydrogen) atoms. The Bertz CT molecular complexity index is 1930. The van der Waals surface area contributed by atoms with Gasteiger partial charge in [0.1, 0.15) is 50.9 Å². The van der Waals surface area contributed by atoms with Crippen molar-refractivity contribution in [3.8, 4) is 0 Å². The Labute approximate surface area is 454 Å². The molecule has 0 rings (SSSR count). The zero-order valence-corrected chi connectivity index (χ0v) is 56.1. The van der Waals surface area contributed by atoms with Crippen molar-refractivity contribution >= 4 is 98.8 Å². The molecule has 0 bridgehead atoms. The van der Waals surface area contributed by atoms with Gasteiger partial charge in [-0.1, -0.05) is 41.5 Å². The number of methoxy groups -OCH3 is 1. The Hall–Kier alpha value is -2.76. The molecular formula is C41H108N6O20S7. The summed E-state index contributed by atoms with van der Waals surface area (Å²) in [6.07, 6.45) is 11.7. The fourth-order valence-electron chi connectivity index (χ4n) is 0. The third kappa shape index (κ3) is 468. The lowest BCUT2D eigenvalue weighted by atomic mass is 10.6. The van der Waals surface area contributed by atoms with Crippen LogP contribution in [0.2, 0.25) is 0 Å². The molecule has 0 aliphatic rings. The van der Waals surface area contributed by atoms with Gasteiger partial charge in [-0.3, -0.25) is 14.4 Å². The molecule has 0 aliphatic heterocycles. The van der Waals surface area contributed by atoms with Crippen LogP contribution < -0.4 is 10.0 Å². The maximum atomic E-state index is 10.3. The fraction of sp³-hybridized carbons (Fsp3) is 0.878. The second-order valence-corrected chi connectivity index (χ2v) is 31.3. The Balaban J connectivity index is -0.0000000391. The molecule has 0 fully saturated rings. The molecule has 33 heteroatoms. The molecule has 0 radical (unpaired) electrons. The fourth-order valence-corrected chi connectivity index (χ4v) is 0. The monoisotopic (exact) mass is 1230 g/mol. The SMILES string of the molecule is C.CC(=O)N(C)C.CC(C)=O.CC(C)=O.CCC.CCS(C)(=O)=O.CCS(C)(=O)=O.CN(C)C.CN(C)S(C)(=O)=O.CN(C)S(C)(=O)=O.CNC(C)=O.CNS(C)(=O)=O.COC(C)=O.CS(C)(=O)=O.CS(C)(=O)=O. The van der Waals surface area contributed by atoms with E-state index >= 15 is 0 Å². The first kappa shape index (κ1) is 111. The highest BCUT2D eigenvalue weighted by Crippen LogP contribution is 1.84. The summed E-state index contributed by atoms with van der Waals surface area (Å²) in [5.41, 5.74) is 0. The third-order valence-corrected chi connectivity index (χ3v) is 9.51. The van der Waals surface area contributed by atoms with Crippen molar-refractivity contribution in [2.24, 2.45) is 0 Å². The zero-order chi connectivity index (χ0) is 63.9. The van der Waals surface area contributed by atoms with Crippen molar-refractivity contribution < 1.29 is 87.6 Å². The second kappa shape index (κ2) is 64.5. The number of hydrogen-bond donors (Lipinski definition) is 2. The number of nitrogens with one attached hydrogen (secondary N) is 2. The quantitative estimate of drug-likeness (QED) is 0.363. The highest BCUT2D eigenvalue weighted by Gasteiger charge is 2.01. The molecule has 2 N–H and O–H groups in total. The smallest absolute Gasteiger partial charge is 0.302 e. The minimum Gasteiger partial charge on any atom is -0.469 e. The summed E-state index contributed by atoms with van der Waals surface area (Å²) in [5.74, 6) is 0.671. The number of sulfone groups is 4. The van der Waals surface area contributed by atoms with Gasteiger partial charge < -0.3 is 29.4 Å². The number of rotatable bonds is 5. The normalized spacial score (nSPS) is 9.77. The summed E-state index contributed by atoms with van der Waals surface area (Å²) in [4.78, 5) is 51.8. The summed E-state index contributed by atoms with van der Waals surface area (Å²) in [7, 11) is 0.366. The van der Waals surface area contributed by atoms with E-state index in [2.05, 4.69) is 28.6 Å². The van der Waals surface area contributed by atoms with Crippen molar-refractivity contribution in [3.63, 3.8) is 0 Å². The lowest BCUT2D eigenvalue weighted by Crippen LogP contribution is -2.19. The molecule has 26 nitrogen and oxygen atoms in total. The van der Waals surface area contributed by atoms with Crippen LogP contribution >= 0.6 is 0 Å². The number of ketones is 2. The number of esters is 1. The first-order valence-corrected chi connectivity index (χ1v) is 34.9. The highest BCUT2D eigenvalue weighted by atomic mass is 32.2. The predicted octanol–water partition coefficient (Wildman–Crippen LogP) is 1.05. The molecule has 0 spiro atoms. The van der Waals surface area contributed by atoms with E-state index in [4.69, 9.17) is 0 Å². The van der Waals surface area contributed by atoms with Crippen LogP contribution in [0.4, 0.5) is 0 Å². The number of hydrogen-bond acceptors (Lipinski definition) is 21. The topological polar surface area (TPSA) is 371 Å². The lowest BCUT2D eigenvalue weighted by molar-refractivity contribution is -0.138. The zero-order valence-electron chi connectivity index (χ0n) is 50.4. The van der Waals surface area contributed by atoms with Gasteiger partial charge in [0.05, 0.1) is 25.9 Å². The van der Waals surface area contributed by atoms with Crippen molar-refractivity contribution in [3.05, 3.63) is 0 Å². The van der Waals surface area contributed by atoms with E-state index in [1.54, 1.807) is 35.0 Å². The van der Waals surface area contributed by atoms with E-state index in [0.717, 1.165) is 52.4 Å². The molecule has 464 valence electrons. The van der Waals surface area contributed by atoms with E-state index in [1.165, 1.54) is 115 Å². The van der Waals surface area contributed by atoms with Crippen molar-refractivity contribution in [1.29, 1.82) is 0 Å². The molecule has 0 aromatic heterocycles. The number of carbonyl (C=O) groups is 5. The van der Waals surface area contributed by atoms with Gasteiger partial charge in [0.2, 0.25) is 41.9 Å². The lowest BCUT2D eigenvalue weighted by Gasteiger charge is -2.02. The van der Waals surface area contributed by atoms with Crippen LogP contribution in [-0.4, -0.2) is 259 Å². The largest absolute Gasteiger partial charge is 0.469 e. The number of amides is 2. The van der Waals surface area contributed by atoms with E-state index < -0.39 is 69.4 Å². The molecule has 0 unspecified atom stereocenters. The molecule has 0 aromatic rings. The molecular weight excluding hydrogens is 1120 g/mol. The van der Waals surface area contributed by atoms with Gasteiger partial charge in [0, 0.05) is 119 Å². The summed E-state index contributed by atoms with van der Waals surface area (Å²) >= 11 is 0. The van der Waals surface area contributed by atoms with Gasteiger partial charge >= 0.3 is 5.97 Å². The van der Waals surface area contributed by atoms with Gasteiger partial charge in [-0.05, 0) is 55.9 Å². The van der Waals surface area contributed by atoms with Crippen molar-refractivity contribution in [1.82, 2.24) is 28.4 Å². The van der Waals surface area contributed by atoms with Crippen molar-refractivity contribution in [2.75, 3.05) is 152 Å². The van der Waals surface area contributed by atoms with Crippen molar-refractivity contribution in [2.45, 2.75) is 90.0 Å². The Morgan fingerprint density at radius 2 is 0.527 bits per heavy atom. The van der Waals surface area contributed by atoms with Gasteiger partial charge in [0.15, 0.2) is 0 Å². The summed E-state index contributed by atoms with van der Waals surface area (Å²) < 4.78 is 148. The van der Waals surface area contributed by atoms with Crippen LogP contribution in [0.5, 0.6) is 0 Å². The minimum absolute atomic E-state index is 0. The maximum Gasteiger partial charge on any atom is 0.302 e. The minimum atomic E-state index is -2.91.